The van der Waals surface area contributed by atoms with Crippen LogP contribution in [0.2, 0.25) is 0 Å². The monoisotopic (exact) mass is 392 g/mol. The molecule has 1 aromatic rings. The molecule has 2 atom stereocenters. The van der Waals surface area contributed by atoms with Crippen molar-refractivity contribution in [2.75, 3.05) is 14.2 Å². The van der Waals surface area contributed by atoms with E-state index in [1.165, 1.54) is 6.92 Å². The molecule has 28 heavy (non-hydrogen) atoms. The largest absolute Gasteiger partial charge is 0.468 e. The highest BCUT2D eigenvalue weighted by molar-refractivity contribution is 5.99. The number of nitrogens with two attached hydrogens (primary N) is 1. The summed E-state index contributed by atoms with van der Waals surface area (Å²) in [5, 5.41) is 2.50. The van der Waals surface area contributed by atoms with Gasteiger partial charge in [0.2, 0.25) is 5.91 Å². The first kappa shape index (κ1) is 23.1. The number of esters is 2. The summed E-state index contributed by atoms with van der Waals surface area (Å²) in [5.41, 5.74) is 6.69. The summed E-state index contributed by atoms with van der Waals surface area (Å²) in [6.45, 7) is 7.59. The number of methoxy groups -OCH3 is 2. The third-order valence-corrected chi connectivity index (χ3v) is 4.57. The molecule has 0 aliphatic carbocycles. The molecule has 0 bridgehead atoms. The van der Waals surface area contributed by atoms with Gasteiger partial charge in [0.05, 0.1) is 14.2 Å². The first-order chi connectivity index (χ1) is 12.9. The molecule has 0 aliphatic rings. The lowest BCUT2D eigenvalue weighted by Gasteiger charge is -2.26. The van der Waals surface area contributed by atoms with E-state index in [0.29, 0.717) is 5.56 Å². The lowest BCUT2D eigenvalue weighted by Crippen LogP contribution is -2.52. The molecule has 8 nitrogen and oxygen atoms in total. The van der Waals surface area contributed by atoms with E-state index in [4.69, 9.17) is 5.73 Å². The molecule has 1 aromatic carbocycles. The highest BCUT2D eigenvalue weighted by Gasteiger charge is 2.41. The molecule has 0 saturated carbocycles. The summed E-state index contributed by atoms with van der Waals surface area (Å²) < 4.78 is 9.23. The zero-order chi connectivity index (χ0) is 21.6. The number of nitrogens with one attached hydrogen (secondary N) is 1. The van der Waals surface area contributed by atoms with Gasteiger partial charge in [0.25, 0.3) is 5.91 Å². The Bertz CT molecular complexity index is 720. The van der Waals surface area contributed by atoms with Crippen molar-refractivity contribution >= 4 is 23.8 Å². The van der Waals surface area contributed by atoms with E-state index in [-0.39, 0.29) is 5.41 Å². The fraction of sp³-hybridized carbons (Fsp3) is 0.500. The normalized spacial score (nSPS) is 13.4. The number of amides is 2. The van der Waals surface area contributed by atoms with E-state index in [9.17, 15) is 19.2 Å². The number of ether oxygens (including phenoxy) is 2. The Morgan fingerprint density at radius 3 is 1.79 bits per heavy atom. The van der Waals surface area contributed by atoms with E-state index in [0.717, 1.165) is 19.8 Å². The van der Waals surface area contributed by atoms with Crippen LogP contribution in [0.25, 0.3) is 0 Å². The molecular formula is C20H28N2O6. The molecule has 0 fully saturated rings. The first-order valence-corrected chi connectivity index (χ1v) is 8.80. The molecule has 1 rings (SSSR count). The van der Waals surface area contributed by atoms with Crippen LogP contribution in [0.1, 0.15) is 43.6 Å². The van der Waals surface area contributed by atoms with Crippen LogP contribution in [0, 0.1) is 11.8 Å². The van der Waals surface area contributed by atoms with Crippen molar-refractivity contribution in [3.05, 3.63) is 35.4 Å². The van der Waals surface area contributed by atoms with Gasteiger partial charge in [-0.25, -0.2) is 0 Å². The molecule has 0 aromatic heterocycles. The number of benzene rings is 1. The summed E-state index contributed by atoms with van der Waals surface area (Å²) in [6.07, 6.45) is 0. The molecule has 154 valence electrons. The Balaban J connectivity index is 3.08. The van der Waals surface area contributed by atoms with Crippen LogP contribution in [-0.4, -0.2) is 44.0 Å². The number of carbonyl (C=O) groups is 4. The topological polar surface area (TPSA) is 125 Å². The average Bonchev–Trinajstić information content (AvgIpc) is 2.64. The fourth-order valence-corrected chi connectivity index (χ4v) is 2.78. The second-order valence-corrected chi connectivity index (χ2v) is 7.56. The van der Waals surface area contributed by atoms with E-state index in [2.05, 4.69) is 14.8 Å². The maximum atomic E-state index is 12.6. The van der Waals surface area contributed by atoms with Gasteiger partial charge in [0, 0.05) is 11.5 Å². The van der Waals surface area contributed by atoms with E-state index in [1.54, 1.807) is 12.1 Å². The Labute approximate surface area is 164 Å². The maximum absolute atomic E-state index is 12.6. The first-order valence-electron chi connectivity index (χ1n) is 8.80. The Kier molecular flexibility index (Phi) is 7.72. The van der Waals surface area contributed by atoms with Gasteiger partial charge in [0.15, 0.2) is 5.92 Å². The lowest BCUT2D eigenvalue weighted by molar-refractivity contribution is -0.161. The fourth-order valence-electron chi connectivity index (χ4n) is 2.78. The molecular weight excluding hydrogens is 364 g/mol. The highest BCUT2D eigenvalue weighted by Crippen LogP contribution is 2.23. The van der Waals surface area contributed by atoms with Crippen LogP contribution < -0.4 is 11.1 Å². The standard InChI is InChI=1S/C20H28N2O6/c1-11(14(18(25)27-5)19(26)28-6)15(16(21)23)22-17(24)12-7-9-13(10-8-12)20(2,3)4/h7-11,14-15H,1-6H3,(H2,21,23)(H,22,24)/t11-,15-/m1/s1. The number of primary amides is 1. The summed E-state index contributed by atoms with van der Waals surface area (Å²) in [4.78, 5) is 48.5. The van der Waals surface area contributed by atoms with Crippen molar-refractivity contribution < 1.29 is 28.7 Å². The van der Waals surface area contributed by atoms with Crippen molar-refractivity contribution in [2.24, 2.45) is 17.6 Å². The van der Waals surface area contributed by atoms with Gasteiger partial charge in [-0.3, -0.25) is 19.2 Å². The van der Waals surface area contributed by atoms with Crippen LogP contribution in [-0.2, 0) is 29.3 Å². The second-order valence-electron chi connectivity index (χ2n) is 7.56. The minimum atomic E-state index is -1.41. The van der Waals surface area contributed by atoms with Crippen LogP contribution in [0.4, 0.5) is 0 Å². The van der Waals surface area contributed by atoms with E-state index >= 15 is 0 Å². The number of hydrogen-bond acceptors (Lipinski definition) is 6. The Hall–Kier alpha value is -2.90. The zero-order valence-corrected chi connectivity index (χ0v) is 17.1. The van der Waals surface area contributed by atoms with E-state index in [1.807, 2.05) is 32.9 Å². The van der Waals surface area contributed by atoms with Gasteiger partial charge in [-0.05, 0) is 23.1 Å². The number of hydrogen-bond donors (Lipinski definition) is 2. The molecule has 0 aliphatic heterocycles. The average molecular weight is 392 g/mol. The molecule has 0 heterocycles. The molecule has 0 saturated heterocycles. The van der Waals surface area contributed by atoms with Crippen LogP contribution in [0.15, 0.2) is 24.3 Å². The third-order valence-electron chi connectivity index (χ3n) is 4.57. The molecule has 8 heteroatoms. The Morgan fingerprint density at radius 2 is 1.43 bits per heavy atom. The predicted molar refractivity (Wildman–Crippen MR) is 102 cm³/mol. The second kappa shape index (κ2) is 9.34. The van der Waals surface area contributed by atoms with E-state index < -0.39 is 41.6 Å². The van der Waals surface area contributed by atoms with Gasteiger partial charge in [-0.1, -0.05) is 39.8 Å². The number of rotatable bonds is 7. The van der Waals surface area contributed by atoms with Crippen LogP contribution >= 0.6 is 0 Å². The van der Waals surface area contributed by atoms with Gasteiger partial charge in [0.1, 0.15) is 6.04 Å². The maximum Gasteiger partial charge on any atom is 0.320 e. The van der Waals surface area contributed by atoms with Crippen molar-refractivity contribution in [3.8, 4) is 0 Å². The van der Waals surface area contributed by atoms with Gasteiger partial charge in [-0.15, -0.1) is 0 Å². The molecule has 2 amide bonds. The van der Waals surface area contributed by atoms with Gasteiger partial charge >= 0.3 is 11.9 Å². The summed E-state index contributed by atoms with van der Waals surface area (Å²) in [5.74, 6) is -5.58. The third kappa shape index (κ3) is 5.55. The van der Waals surface area contributed by atoms with Crippen molar-refractivity contribution in [1.29, 1.82) is 0 Å². The summed E-state index contributed by atoms with van der Waals surface area (Å²) in [7, 11) is 2.22. The molecule has 0 unspecified atom stereocenters. The number of carbonyl (C=O) groups excluding carboxylic acids is 4. The molecule has 3 N–H and O–H groups in total. The zero-order valence-electron chi connectivity index (χ0n) is 17.1. The van der Waals surface area contributed by atoms with Gasteiger partial charge < -0.3 is 20.5 Å². The minimum Gasteiger partial charge on any atom is -0.468 e. The van der Waals surface area contributed by atoms with Gasteiger partial charge in [-0.2, -0.15) is 0 Å². The van der Waals surface area contributed by atoms with Crippen molar-refractivity contribution in [2.45, 2.75) is 39.2 Å². The van der Waals surface area contributed by atoms with Crippen molar-refractivity contribution in [3.63, 3.8) is 0 Å². The summed E-state index contributed by atoms with van der Waals surface area (Å²) in [6, 6.07) is 5.64. The predicted octanol–water partition coefficient (Wildman–Crippen LogP) is 1.17. The molecule has 0 spiro atoms. The lowest BCUT2D eigenvalue weighted by atomic mass is 9.86. The van der Waals surface area contributed by atoms with Crippen molar-refractivity contribution in [1.82, 2.24) is 5.32 Å². The SMILES string of the molecule is COC(=O)C(C(=O)OC)[C@@H](C)[C@@H](NC(=O)c1ccc(C(C)(C)C)cc1)C(N)=O. The minimum absolute atomic E-state index is 0.0759. The quantitative estimate of drug-likeness (QED) is 0.530. The van der Waals surface area contributed by atoms with Crippen LogP contribution in [0.3, 0.4) is 0 Å². The Morgan fingerprint density at radius 1 is 0.964 bits per heavy atom. The summed E-state index contributed by atoms with van der Waals surface area (Å²) >= 11 is 0. The van der Waals surface area contributed by atoms with Crippen LogP contribution in [0.5, 0.6) is 0 Å². The highest BCUT2D eigenvalue weighted by atomic mass is 16.5. The smallest absolute Gasteiger partial charge is 0.320 e. The molecule has 0 radical (unpaired) electrons.